The fourth-order valence-corrected chi connectivity index (χ4v) is 3.81. The van der Waals surface area contributed by atoms with E-state index in [4.69, 9.17) is 9.47 Å². The van der Waals surface area contributed by atoms with Crippen molar-refractivity contribution in [2.45, 2.75) is 31.6 Å². The lowest BCUT2D eigenvalue weighted by Crippen LogP contribution is -2.47. The Morgan fingerprint density at radius 3 is 2.36 bits per heavy atom. The van der Waals surface area contributed by atoms with E-state index in [1.165, 1.54) is 5.56 Å². The van der Waals surface area contributed by atoms with Crippen molar-refractivity contribution >= 4 is 0 Å². The van der Waals surface area contributed by atoms with Crippen LogP contribution in [0, 0.1) is 5.92 Å². The molecule has 1 aromatic carbocycles. The molecule has 2 heterocycles. The van der Waals surface area contributed by atoms with Crippen LogP contribution in [0.25, 0.3) is 0 Å². The normalized spacial score (nSPS) is 24.5. The molecule has 2 saturated heterocycles. The Morgan fingerprint density at radius 2 is 1.77 bits per heavy atom. The third-order valence-corrected chi connectivity index (χ3v) is 5.02. The second-order valence-corrected chi connectivity index (χ2v) is 6.56. The van der Waals surface area contributed by atoms with Crippen molar-refractivity contribution in [1.29, 1.82) is 0 Å². The number of rotatable bonds is 5. The number of piperidine rings is 1. The number of hydrogen-bond donors (Lipinski definition) is 1. The molecule has 0 aliphatic carbocycles. The average molecular weight is 304 g/mol. The van der Waals surface area contributed by atoms with Gasteiger partial charge in [0.25, 0.3) is 0 Å². The van der Waals surface area contributed by atoms with Crippen LogP contribution in [0.5, 0.6) is 0 Å². The zero-order chi connectivity index (χ0) is 15.4. The second-order valence-electron chi connectivity index (χ2n) is 6.56. The topological polar surface area (TPSA) is 33.7 Å². The maximum atomic E-state index is 5.81. The summed E-state index contributed by atoms with van der Waals surface area (Å²) >= 11 is 0. The molecule has 122 valence electrons. The summed E-state index contributed by atoms with van der Waals surface area (Å²) < 4.78 is 11.6. The van der Waals surface area contributed by atoms with Crippen LogP contribution in [0.4, 0.5) is 0 Å². The Bertz CT molecular complexity index is 449. The Morgan fingerprint density at radius 1 is 1.14 bits per heavy atom. The first-order valence-electron chi connectivity index (χ1n) is 8.45. The minimum absolute atomic E-state index is 0.262. The Balaban J connectivity index is 1.54. The number of nitrogens with zero attached hydrogens (tertiary/aromatic N) is 1. The van der Waals surface area contributed by atoms with Gasteiger partial charge in [-0.05, 0) is 18.5 Å². The quantitative estimate of drug-likeness (QED) is 0.906. The highest BCUT2D eigenvalue weighted by molar-refractivity contribution is 5.19. The SMILES string of the molecule is CNC(c1ccccc1)[C@@H](C)CN1CCC2(CC1)OCCO2. The van der Waals surface area contributed by atoms with Gasteiger partial charge in [-0.25, -0.2) is 0 Å². The van der Waals surface area contributed by atoms with Gasteiger partial charge in [-0.15, -0.1) is 0 Å². The first-order chi connectivity index (χ1) is 10.7. The molecule has 2 atom stereocenters. The van der Waals surface area contributed by atoms with Gasteiger partial charge in [-0.2, -0.15) is 0 Å². The van der Waals surface area contributed by atoms with Gasteiger partial charge in [0.2, 0.25) is 0 Å². The summed E-state index contributed by atoms with van der Waals surface area (Å²) in [6, 6.07) is 11.1. The molecule has 1 spiro atoms. The van der Waals surface area contributed by atoms with E-state index >= 15 is 0 Å². The van der Waals surface area contributed by atoms with E-state index in [1.807, 2.05) is 0 Å². The summed E-state index contributed by atoms with van der Waals surface area (Å²) in [5, 5.41) is 3.48. The van der Waals surface area contributed by atoms with E-state index in [2.05, 4.69) is 54.5 Å². The van der Waals surface area contributed by atoms with Crippen molar-refractivity contribution in [1.82, 2.24) is 10.2 Å². The second kappa shape index (κ2) is 7.09. The third-order valence-electron chi connectivity index (χ3n) is 5.02. The molecule has 1 N–H and O–H groups in total. The van der Waals surface area contributed by atoms with Gasteiger partial charge in [-0.1, -0.05) is 37.3 Å². The number of ether oxygens (including phenoxy) is 2. The van der Waals surface area contributed by atoms with Crippen LogP contribution in [-0.2, 0) is 9.47 Å². The summed E-state index contributed by atoms with van der Waals surface area (Å²) in [5.74, 6) is 0.300. The average Bonchev–Trinajstić information content (AvgIpc) is 3.00. The highest BCUT2D eigenvalue weighted by Gasteiger charge is 2.40. The van der Waals surface area contributed by atoms with Crippen molar-refractivity contribution in [3.8, 4) is 0 Å². The molecule has 0 radical (unpaired) electrons. The van der Waals surface area contributed by atoms with Crippen LogP contribution in [0.1, 0.15) is 31.4 Å². The van der Waals surface area contributed by atoms with E-state index in [0.717, 1.165) is 45.7 Å². The maximum Gasteiger partial charge on any atom is 0.170 e. The molecule has 1 unspecified atom stereocenters. The van der Waals surface area contributed by atoms with E-state index in [1.54, 1.807) is 0 Å². The van der Waals surface area contributed by atoms with Crippen molar-refractivity contribution in [2.75, 3.05) is 39.9 Å². The summed E-state index contributed by atoms with van der Waals surface area (Å²) in [4.78, 5) is 2.55. The molecule has 0 aromatic heterocycles. The molecule has 2 aliphatic rings. The van der Waals surface area contributed by atoms with E-state index in [-0.39, 0.29) is 5.79 Å². The lowest BCUT2D eigenvalue weighted by molar-refractivity contribution is -0.185. The van der Waals surface area contributed by atoms with E-state index < -0.39 is 0 Å². The number of benzene rings is 1. The molecule has 3 rings (SSSR count). The fraction of sp³-hybridized carbons (Fsp3) is 0.667. The monoisotopic (exact) mass is 304 g/mol. The van der Waals surface area contributed by atoms with Crippen LogP contribution in [0.2, 0.25) is 0 Å². The first kappa shape index (κ1) is 15.9. The van der Waals surface area contributed by atoms with Crippen molar-refractivity contribution in [2.24, 2.45) is 5.92 Å². The van der Waals surface area contributed by atoms with Crippen molar-refractivity contribution < 1.29 is 9.47 Å². The standard InChI is InChI=1S/C18H28N2O2/c1-15(17(19-2)16-6-4-3-5-7-16)14-20-10-8-18(9-11-20)21-12-13-22-18/h3-7,15,17,19H,8-14H2,1-2H3/t15-,17?/m0/s1. The molecule has 4 heteroatoms. The van der Waals surface area contributed by atoms with Crippen molar-refractivity contribution in [3.63, 3.8) is 0 Å². The van der Waals surface area contributed by atoms with Crippen LogP contribution in [-0.4, -0.2) is 50.6 Å². The highest BCUT2D eigenvalue weighted by Crippen LogP contribution is 2.32. The molecule has 22 heavy (non-hydrogen) atoms. The predicted octanol–water partition coefficient (Wildman–Crippen LogP) is 2.42. The lowest BCUT2D eigenvalue weighted by Gasteiger charge is -2.39. The lowest BCUT2D eigenvalue weighted by atomic mass is 9.93. The summed E-state index contributed by atoms with van der Waals surface area (Å²) in [6.45, 7) is 7.08. The van der Waals surface area contributed by atoms with Gasteiger partial charge in [0.05, 0.1) is 13.2 Å². The predicted molar refractivity (Wildman–Crippen MR) is 87.7 cm³/mol. The molecule has 4 nitrogen and oxygen atoms in total. The molecular formula is C18H28N2O2. The molecule has 2 fully saturated rings. The minimum atomic E-state index is -0.262. The largest absolute Gasteiger partial charge is 0.347 e. The zero-order valence-electron chi connectivity index (χ0n) is 13.8. The van der Waals surface area contributed by atoms with Crippen molar-refractivity contribution in [3.05, 3.63) is 35.9 Å². The third kappa shape index (κ3) is 3.51. The molecular weight excluding hydrogens is 276 g/mol. The van der Waals surface area contributed by atoms with Gasteiger partial charge < -0.3 is 19.7 Å². The van der Waals surface area contributed by atoms with Gasteiger partial charge in [0.1, 0.15) is 0 Å². The Hall–Kier alpha value is -0.940. The molecule has 2 aliphatic heterocycles. The molecule has 0 bridgehead atoms. The smallest absolute Gasteiger partial charge is 0.170 e. The van der Waals surface area contributed by atoms with Gasteiger partial charge in [-0.3, -0.25) is 0 Å². The minimum Gasteiger partial charge on any atom is -0.347 e. The maximum absolute atomic E-state index is 5.81. The van der Waals surface area contributed by atoms with Crippen LogP contribution < -0.4 is 5.32 Å². The van der Waals surface area contributed by atoms with E-state index in [0.29, 0.717) is 12.0 Å². The molecule has 0 saturated carbocycles. The Labute approximate surface area is 133 Å². The summed E-state index contributed by atoms with van der Waals surface area (Å²) in [6.07, 6.45) is 1.99. The summed E-state index contributed by atoms with van der Waals surface area (Å²) in [7, 11) is 2.06. The first-order valence-corrected chi connectivity index (χ1v) is 8.45. The number of nitrogens with one attached hydrogen (secondary N) is 1. The number of likely N-dealkylation sites (tertiary alicyclic amines) is 1. The van der Waals surface area contributed by atoms with Gasteiger partial charge >= 0.3 is 0 Å². The van der Waals surface area contributed by atoms with E-state index in [9.17, 15) is 0 Å². The fourth-order valence-electron chi connectivity index (χ4n) is 3.81. The highest BCUT2D eigenvalue weighted by atomic mass is 16.7. The zero-order valence-corrected chi connectivity index (χ0v) is 13.8. The van der Waals surface area contributed by atoms with Gasteiger partial charge in [0, 0.05) is 38.5 Å². The number of hydrogen-bond acceptors (Lipinski definition) is 4. The van der Waals surface area contributed by atoms with Crippen LogP contribution in [0.15, 0.2) is 30.3 Å². The summed E-state index contributed by atoms with van der Waals surface area (Å²) in [5.41, 5.74) is 1.37. The Kier molecular flexibility index (Phi) is 5.14. The van der Waals surface area contributed by atoms with Crippen LogP contribution in [0.3, 0.4) is 0 Å². The molecule has 0 amide bonds. The van der Waals surface area contributed by atoms with Gasteiger partial charge in [0.15, 0.2) is 5.79 Å². The van der Waals surface area contributed by atoms with Crippen LogP contribution >= 0.6 is 0 Å². The molecule has 1 aromatic rings.